The lowest BCUT2D eigenvalue weighted by Gasteiger charge is -2.32. The van der Waals surface area contributed by atoms with Crippen LogP contribution in [0.1, 0.15) is 44.9 Å². The first-order valence-corrected chi connectivity index (χ1v) is 10.8. The van der Waals surface area contributed by atoms with Crippen LogP contribution in [0.3, 0.4) is 0 Å². The molecule has 1 unspecified atom stereocenters. The average Bonchev–Trinajstić information content (AvgIpc) is 3.01. The van der Waals surface area contributed by atoms with Crippen molar-refractivity contribution in [3.63, 3.8) is 0 Å². The largest absolute Gasteiger partial charge is 0.356 e. The summed E-state index contributed by atoms with van der Waals surface area (Å²) in [5.41, 5.74) is 0.785. The Labute approximate surface area is 168 Å². The molecule has 6 heteroatoms. The highest BCUT2D eigenvalue weighted by Crippen LogP contribution is 2.18. The van der Waals surface area contributed by atoms with Gasteiger partial charge in [-0.3, -0.25) is 4.79 Å². The molecule has 0 aromatic heterocycles. The molecule has 0 spiro atoms. The fraction of sp³-hybridized carbons (Fsp3) is 0.636. The second-order valence-corrected chi connectivity index (χ2v) is 7.98. The molecule has 0 bridgehead atoms. The van der Waals surface area contributed by atoms with Crippen LogP contribution in [-0.2, 0) is 4.79 Å². The van der Waals surface area contributed by atoms with Gasteiger partial charge in [-0.05, 0) is 63.9 Å². The van der Waals surface area contributed by atoms with Gasteiger partial charge in [-0.15, -0.1) is 0 Å². The summed E-state index contributed by atoms with van der Waals surface area (Å²) >= 11 is 0. The van der Waals surface area contributed by atoms with Crippen LogP contribution in [0.4, 0.5) is 10.5 Å². The standard InChI is InChI=1S/C22H34N4O2/c27-21(23-13-9-16-25-14-6-1-2-7-15-25)19-10-8-17-26(18-19)22(28)24-20-11-4-3-5-12-20/h3-5,11-12,19H,1-2,6-10,13-18H2,(H,23,27)(H,24,28). The van der Waals surface area contributed by atoms with Gasteiger partial charge in [-0.25, -0.2) is 4.79 Å². The Hall–Kier alpha value is -2.08. The molecule has 3 rings (SSSR count). The van der Waals surface area contributed by atoms with Gasteiger partial charge in [0.15, 0.2) is 0 Å². The van der Waals surface area contributed by atoms with E-state index in [0.29, 0.717) is 13.1 Å². The first-order chi connectivity index (χ1) is 13.7. The monoisotopic (exact) mass is 386 g/mol. The highest BCUT2D eigenvalue weighted by Gasteiger charge is 2.28. The van der Waals surface area contributed by atoms with Crippen LogP contribution in [0, 0.1) is 5.92 Å². The summed E-state index contributed by atoms with van der Waals surface area (Å²) in [5.74, 6) is -0.0125. The van der Waals surface area contributed by atoms with E-state index < -0.39 is 0 Å². The predicted octanol–water partition coefficient (Wildman–Crippen LogP) is 3.31. The van der Waals surface area contributed by atoms with Crippen LogP contribution in [0.5, 0.6) is 0 Å². The third-order valence-corrected chi connectivity index (χ3v) is 5.75. The smallest absolute Gasteiger partial charge is 0.321 e. The Bertz CT molecular complexity index is 614. The Kier molecular flexibility index (Phi) is 8.15. The van der Waals surface area contributed by atoms with Crippen molar-refractivity contribution in [2.24, 2.45) is 5.92 Å². The van der Waals surface area contributed by atoms with E-state index in [1.807, 2.05) is 30.3 Å². The molecule has 0 saturated carbocycles. The zero-order chi connectivity index (χ0) is 19.6. The van der Waals surface area contributed by atoms with Crippen molar-refractivity contribution in [1.82, 2.24) is 15.1 Å². The Balaban J connectivity index is 1.37. The first-order valence-electron chi connectivity index (χ1n) is 10.8. The predicted molar refractivity (Wildman–Crippen MR) is 112 cm³/mol. The molecule has 2 saturated heterocycles. The van der Waals surface area contributed by atoms with E-state index in [-0.39, 0.29) is 17.9 Å². The number of hydrogen-bond acceptors (Lipinski definition) is 3. The van der Waals surface area contributed by atoms with Crippen molar-refractivity contribution >= 4 is 17.6 Å². The van der Waals surface area contributed by atoms with Crippen LogP contribution in [0.25, 0.3) is 0 Å². The van der Waals surface area contributed by atoms with Crippen LogP contribution in [0.15, 0.2) is 30.3 Å². The van der Waals surface area contributed by atoms with Crippen LogP contribution >= 0.6 is 0 Å². The van der Waals surface area contributed by atoms with Crippen molar-refractivity contribution < 1.29 is 9.59 Å². The lowest BCUT2D eigenvalue weighted by molar-refractivity contribution is -0.126. The van der Waals surface area contributed by atoms with Gasteiger partial charge >= 0.3 is 6.03 Å². The van der Waals surface area contributed by atoms with Crippen LogP contribution in [-0.4, -0.2) is 61.0 Å². The van der Waals surface area contributed by atoms with Crippen molar-refractivity contribution in [3.05, 3.63) is 30.3 Å². The first kappa shape index (κ1) is 20.6. The van der Waals surface area contributed by atoms with Gasteiger partial charge in [0.05, 0.1) is 5.92 Å². The molecule has 2 N–H and O–H groups in total. The Morgan fingerprint density at radius 1 is 0.964 bits per heavy atom. The van der Waals surface area contributed by atoms with E-state index in [9.17, 15) is 9.59 Å². The third-order valence-electron chi connectivity index (χ3n) is 5.75. The minimum absolute atomic E-state index is 0.0908. The maximum absolute atomic E-state index is 12.5. The molecular weight excluding hydrogens is 352 g/mol. The number of carbonyl (C=O) groups is 2. The number of hydrogen-bond donors (Lipinski definition) is 2. The van der Waals surface area contributed by atoms with Gasteiger partial charge in [-0.2, -0.15) is 0 Å². The van der Waals surface area contributed by atoms with E-state index in [0.717, 1.165) is 38.0 Å². The summed E-state index contributed by atoms with van der Waals surface area (Å²) in [6, 6.07) is 9.34. The van der Waals surface area contributed by atoms with E-state index in [1.165, 1.54) is 38.8 Å². The molecule has 154 valence electrons. The lowest BCUT2D eigenvalue weighted by Crippen LogP contribution is -2.47. The number of para-hydroxylation sites is 1. The quantitative estimate of drug-likeness (QED) is 0.737. The Morgan fingerprint density at radius 3 is 2.46 bits per heavy atom. The number of urea groups is 1. The average molecular weight is 387 g/mol. The summed E-state index contributed by atoms with van der Waals surface area (Å²) in [6.07, 6.45) is 8.02. The van der Waals surface area contributed by atoms with Gasteiger partial charge in [0, 0.05) is 25.3 Å². The zero-order valence-corrected chi connectivity index (χ0v) is 16.9. The SMILES string of the molecule is O=C(NCCCN1CCCCCC1)C1CCCN(C(=O)Nc2ccccc2)C1. The second-order valence-electron chi connectivity index (χ2n) is 7.98. The lowest BCUT2D eigenvalue weighted by atomic mass is 9.97. The number of nitrogens with zero attached hydrogens (tertiary/aromatic N) is 2. The molecule has 3 amide bonds. The number of piperidine rings is 1. The summed E-state index contributed by atoms with van der Waals surface area (Å²) in [6.45, 7) is 5.39. The normalized spacial score (nSPS) is 21.0. The van der Waals surface area contributed by atoms with Gasteiger partial charge in [0.25, 0.3) is 0 Å². The fourth-order valence-corrected chi connectivity index (χ4v) is 4.12. The number of nitrogens with one attached hydrogen (secondary N) is 2. The minimum atomic E-state index is -0.120. The van der Waals surface area contributed by atoms with E-state index in [1.54, 1.807) is 4.90 Å². The number of benzene rings is 1. The van der Waals surface area contributed by atoms with Crippen LogP contribution in [0.2, 0.25) is 0 Å². The molecule has 2 fully saturated rings. The number of rotatable bonds is 6. The van der Waals surface area contributed by atoms with E-state index in [4.69, 9.17) is 0 Å². The zero-order valence-electron chi connectivity index (χ0n) is 16.9. The highest BCUT2D eigenvalue weighted by molar-refractivity contribution is 5.90. The molecule has 1 aromatic rings. The van der Waals surface area contributed by atoms with E-state index in [2.05, 4.69) is 15.5 Å². The van der Waals surface area contributed by atoms with Crippen molar-refractivity contribution in [2.45, 2.75) is 44.9 Å². The van der Waals surface area contributed by atoms with Crippen molar-refractivity contribution in [1.29, 1.82) is 0 Å². The van der Waals surface area contributed by atoms with Gasteiger partial charge < -0.3 is 20.4 Å². The summed E-state index contributed by atoms with van der Waals surface area (Å²) in [7, 11) is 0. The molecular formula is C22H34N4O2. The number of amides is 3. The van der Waals surface area contributed by atoms with Crippen LogP contribution < -0.4 is 10.6 Å². The Morgan fingerprint density at radius 2 is 1.71 bits per heavy atom. The second kappa shape index (κ2) is 11.1. The van der Waals surface area contributed by atoms with Gasteiger partial charge in [0.2, 0.25) is 5.91 Å². The molecule has 0 aliphatic carbocycles. The molecule has 1 atom stereocenters. The summed E-state index contributed by atoms with van der Waals surface area (Å²) in [4.78, 5) is 29.3. The molecule has 6 nitrogen and oxygen atoms in total. The molecule has 1 aromatic carbocycles. The number of anilines is 1. The summed E-state index contributed by atoms with van der Waals surface area (Å²) in [5, 5.41) is 6.01. The topological polar surface area (TPSA) is 64.7 Å². The molecule has 2 aliphatic rings. The number of carbonyl (C=O) groups excluding carboxylic acids is 2. The maximum Gasteiger partial charge on any atom is 0.321 e. The third kappa shape index (κ3) is 6.51. The number of likely N-dealkylation sites (tertiary alicyclic amines) is 2. The van der Waals surface area contributed by atoms with Gasteiger partial charge in [-0.1, -0.05) is 31.0 Å². The molecule has 2 aliphatic heterocycles. The highest BCUT2D eigenvalue weighted by atomic mass is 16.2. The molecule has 0 radical (unpaired) electrons. The fourth-order valence-electron chi connectivity index (χ4n) is 4.12. The minimum Gasteiger partial charge on any atom is -0.356 e. The van der Waals surface area contributed by atoms with Crippen molar-refractivity contribution in [3.8, 4) is 0 Å². The summed E-state index contributed by atoms with van der Waals surface area (Å²) < 4.78 is 0. The van der Waals surface area contributed by atoms with Crippen molar-refractivity contribution in [2.75, 3.05) is 44.6 Å². The molecule has 2 heterocycles. The molecule has 28 heavy (non-hydrogen) atoms. The maximum atomic E-state index is 12.5. The van der Waals surface area contributed by atoms with E-state index >= 15 is 0 Å². The van der Waals surface area contributed by atoms with Gasteiger partial charge in [0.1, 0.15) is 0 Å².